The van der Waals surface area contributed by atoms with Crippen LogP contribution < -0.4 is 10.1 Å². The van der Waals surface area contributed by atoms with Crippen LogP contribution >= 0.6 is 0 Å². The molecule has 0 saturated carbocycles. The molecule has 1 N–H and O–H groups in total. The van der Waals surface area contributed by atoms with Gasteiger partial charge in [-0.3, -0.25) is 0 Å². The fourth-order valence-electron chi connectivity index (χ4n) is 1.64. The summed E-state index contributed by atoms with van der Waals surface area (Å²) >= 11 is 0. The predicted molar refractivity (Wildman–Crippen MR) is 68.9 cm³/mol. The molecule has 0 spiro atoms. The summed E-state index contributed by atoms with van der Waals surface area (Å²) < 4.78 is 5.61. The summed E-state index contributed by atoms with van der Waals surface area (Å²) in [5.41, 5.74) is 2.53. The van der Waals surface area contributed by atoms with Crippen LogP contribution in [-0.2, 0) is 6.54 Å². The van der Waals surface area contributed by atoms with Crippen LogP contribution in [0.15, 0.2) is 18.2 Å². The first-order chi connectivity index (χ1) is 7.63. The van der Waals surface area contributed by atoms with Crippen molar-refractivity contribution in [2.45, 2.75) is 34.2 Å². The normalized spacial score (nSPS) is 10.8. The molecule has 0 fully saturated rings. The van der Waals surface area contributed by atoms with Gasteiger partial charge in [-0.05, 0) is 32.4 Å². The van der Waals surface area contributed by atoms with E-state index in [1.165, 1.54) is 11.1 Å². The number of benzene rings is 1. The van der Waals surface area contributed by atoms with Crippen molar-refractivity contribution >= 4 is 0 Å². The van der Waals surface area contributed by atoms with E-state index in [-0.39, 0.29) is 0 Å². The first-order valence-electron chi connectivity index (χ1n) is 6.06. The minimum absolute atomic E-state index is 0.681. The zero-order chi connectivity index (χ0) is 12.0. The Bertz CT molecular complexity index is 321. The summed E-state index contributed by atoms with van der Waals surface area (Å²) in [6.45, 7) is 11.2. The Morgan fingerprint density at radius 1 is 1.31 bits per heavy atom. The Morgan fingerprint density at radius 3 is 2.69 bits per heavy atom. The third kappa shape index (κ3) is 4.23. The van der Waals surface area contributed by atoms with E-state index < -0.39 is 0 Å². The minimum atomic E-state index is 0.681. The second kappa shape index (κ2) is 6.54. The van der Waals surface area contributed by atoms with Gasteiger partial charge < -0.3 is 10.1 Å². The maximum absolute atomic E-state index is 5.61. The van der Waals surface area contributed by atoms with E-state index in [0.717, 1.165) is 25.4 Å². The Balaban J connectivity index is 2.64. The minimum Gasteiger partial charge on any atom is -0.494 e. The van der Waals surface area contributed by atoms with E-state index in [0.29, 0.717) is 5.92 Å². The van der Waals surface area contributed by atoms with Crippen LogP contribution in [0.3, 0.4) is 0 Å². The molecule has 0 aliphatic rings. The Hall–Kier alpha value is -1.02. The monoisotopic (exact) mass is 221 g/mol. The van der Waals surface area contributed by atoms with Crippen molar-refractivity contribution < 1.29 is 4.74 Å². The molecular weight excluding hydrogens is 198 g/mol. The van der Waals surface area contributed by atoms with Gasteiger partial charge in [0.05, 0.1) is 6.61 Å². The van der Waals surface area contributed by atoms with E-state index in [2.05, 4.69) is 44.3 Å². The summed E-state index contributed by atoms with van der Waals surface area (Å²) in [7, 11) is 0. The molecule has 0 bridgehead atoms. The Morgan fingerprint density at radius 2 is 2.06 bits per heavy atom. The van der Waals surface area contributed by atoms with Crippen molar-refractivity contribution in [1.82, 2.24) is 5.32 Å². The molecule has 1 aromatic carbocycles. The van der Waals surface area contributed by atoms with Crippen molar-refractivity contribution in [2.75, 3.05) is 13.2 Å². The van der Waals surface area contributed by atoms with Crippen molar-refractivity contribution in [3.8, 4) is 5.75 Å². The second-order valence-electron chi connectivity index (χ2n) is 4.57. The largest absolute Gasteiger partial charge is 0.494 e. The molecule has 0 saturated heterocycles. The molecule has 0 aliphatic carbocycles. The first kappa shape index (κ1) is 13.0. The van der Waals surface area contributed by atoms with Crippen LogP contribution in [0.1, 0.15) is 31.9 Å². The lowest BCUT2D eigenvalue weighted by Crippen LogP contribution is -2.19. The maximum Gasteiger partial charge on any atom is 0.123 e. The van der Waals surface area contributed by atoms with Crippen LogP contribution in [-0.4, -0.2) is 13.2 Å². The molecular formula is C14H23NO. The predicted octanol–water partition coefficient (Wildman–Crippen LogP) is 3.14. The summed E-state index contributed by atoms with van der Waals surface area (Å²) in [6, 6.07) is 6.35. The van der Waals surface area contributed by atoms with Crippen LogP contribution in [0.25, 0.3) is 0 Å². The summed E-state index contributed by atoms with van der Waals surface area (Å²) in [5.74, 6) is 1.68. The molecule has 0 aliphatic heterocycles. The third-order valence-corrected chi connectivity index (χ3v) is 2.38. The lowest BCUT2D eigenvalue weighted by Gasteiger charge is -2.13. The fraction of sp³-hybridized carbons (Fsp3) is 0.571. The molecule has 0 amide bonds. The van der Waals surface area contributed by atoms with E-state index in [9.17, 15) is 0 Å². The zero-order valence-electron chi connectivity index (χ0n) is 10.8. The molecule has 90 valence electrons. The standard InChI is InChI=1S/C14H23NO/c1-5-16-14-7-6-12(4)8-13(14)10-15-9-11(2)3/h6-8,11,15H,5,9-10H2,1-4H3. The average Bonchev–Trinajstić information content (AvgIpc) is 2.21. The molecule has 0 heterocycles. The van der Waals surface area contributed by atoms with Crippen LogP contribution in [0.4, 0.5) is 0 Å². The van der Waals surface area contributed by atoms with Crippen LogP contribution in [0.5, 0.6) is 5.75 Å². The SMILES string of the molecule is CCOc1ccc(C)cc1CNCC(C)C. The first-order valence-corrected chi connectivity index (χ1v) is 6.06. The van der Waals surface area contributed by atoms with Gasteiger partial charge in [0.2, 0.25) is 0 Å². The van der Waals surface area contributed by atoms with Gasteiger partial charge in [-0.1, -0.05) is 31.5 Å². The van der Waals surface area contributed by atoms with Gasteiger partial charge in [0, 0.05) is 12.1 Å². The highest BCUT2D eigenvalue weighted by Gasteiger charge is 2.03. The molecule has 0 radical (unpaired) electrons. The highest BCUT2D eigenvalue weighted by molar-refractivity contribution is 5.36. The Labute approximate surface area is 99.0 Å². The zero-order valence-corrected chi connectivity index (χ0v) is 10.8. The number of rotatable bonds is 6. The lowest BCUT2D eigenvalue weighted by molar-refractivity contribution is 0.335. The molecule has 0 unspecified atom stereocenters. The topological polar surface area (TPSA) is 21.3 Å². The van der Waals surface area contributed by atoms with Crippen LogP contribution in [0.2, 0.25) is 0 Å². The molecule has 16 heavy (non-hydrogen) atoms. The molecule has 0 atom stereocenters. The fourth-order valence-corrected chi connectivity index (χ4v) is 1.64. The quantitative estimate of drug-likeness (QED) is 0.797. The summed E-state index contributed by atoms with van der Waals surface area (Å²) in [4.78, 5) is 0. The van der Waals surface area contributed by atoms with E-state index in [4.69, 9.17) is 4.74 Å². The van der Waals surface area contributed by atoms with Gasteiger partial charge in [0.15, 0.2) is 0 Å². The van der Waals surface area contributed by atoms with Gasteiger partial charge in [-0.2, -0.15) is 0 Å². The number of hydrogen-bond acceptors (Lipinski definition) is 2. The molecule has 2 heteroatoms. The summed E-state index contributed by atoms with van der Waals surface area (Å²) in [6.07, 6.45) is 0. The number of nitrogens with one attached hydrogen (secondary N) is 1. The molecule has 2 nitrogen and oxygen atoms in total. The maximum atomic E-state index is 5.61. The van der Waals surface area contributed by atoms with Gasteiger partial charge in [-0.15, -0.1) is 0 Å². The lowest BCUT2D eigenvalue weighted by atomic mass is 10.1. The third-order valence-electron chi connectivity index (χ3n) is 2.38. The van der Waals surface area contributed by atoms with Crippen molar-refractivity contribution in [1.29, 1.82) is 0 Å². The molecule has 1 rings (SSSR count). The highest BCUT2D eigenvalue weighted by atomic mass is 16.5. The van der Waals surface area contributed by atoms with E-state index >= 15 is 0 Å². The number of hydrogen-bond donors (Lipinski definition) is 1. The van der Waals surface area contributed by atoms with E-state index in [1.807, 2.05) is 6.92 Å². The Kier molecular flexibility index (Phi) is 5.33. The number of ether oxygens (including phenoxy) is 1. The highest BCUT2D eigenvalue weighted by Crippen LogP contribution is 2.19. The van der Waals surface area contributed by atoms with E-state index in [1.54, 1.807) is 0 Å². The van der Waals surface area contributed by atoms with Gasteiger partial charge in [0.1, 0.15) is 5.75 Å². The van der Waals surface area contributed by atoms with Gasteiger partial charge in [-0.25, -0.2) is 0 Å². The number of aryl methyl sites for hydroxylation is 1. The van der Waals surface area contributed by atoms with Crippen molar-refractivity contribution in [3.63, 3.8) is 0 Å². The molecule has 0 aromatic heterocycles. The van der Waals surface area contributed by atoms with Crippen LogP contribution in [0, 0.1) is 12.8 Å². The van der Waals surface area contributed by atoms with Crippen molar-refractivity contribution in [2.24, 2.45) is 5.92 Å². The van der Waals surface area contributed by atoms with Gasteiger partial charge >= 0.3 is 0 Å². The summed E-state index contributed by atoms with van der Waals surface area (Å²) in [5, 5.41) is 3.45. The smallest absolute Gasteiger partial charge is 0.123 e. The molecule has 1 aromatic rings. The van der Waals surface area contributed by atoms with Crippen molar-refractivity contribution in [3.05, 3.63) is 29.3 Å². The second-order valence-corrected chi connectivity index (χ2v) is 4.57. The average molecular weight is 221 g/mol. The van der Waals surface area contributed by atoms with Gasteiger partial charge in [0.25, 0.3) is 0 Å².